The van der Waals surface area contributed by atoms with Gasteiger partial charge in [-0.25, -0.2) is 0 Å². The fourth-order valence-corrected chi connectivity index (χ4v) is 2.40. The van der Waals surface area contributed by atoms with Gasteiger partial charge in [0.2, 0.25) is 5.91 Å². The third-order valence-corrected chi connectivity index (χ3v) is 3.52. The van der Waals surface area contributed by atoms with Gasteiger partial charge in [0.1, 0.15) is 0 Å². The molecule has 0 aromatic heterocycles. The van der Waals surface area contributed by atoms with Crippen molar-refractivity contribution in [2.75, 3.05) is 6.54 Å². The molecule has 0 aromatic carbocycles. The maximum atomic E-state index is 11.8. The van der Waals surface area contributed by atoms with E-state index in [0.29, 0.717) is 18.5 Å². The van der Waals surface area contributed by atoms with Gasteiger partial charge in [0.05, 0.1) is 6.54 Å². The third-order valence-electron chi connectivity index (χ3n) is 3.52. The summed E-state index contributed by atoms with van der Waals surface area (Å²) in [4.78, 5) is 11.8. The van der Waals surface area contributed by atoms with Crippen LogP contribution in [0.4, 0.5) is 0 Å². The molecular weight excluding hydrogens is 212 g/mol. The second-order valence-electron chi connectivity index (χ2n) is 6.36. The number of carbonyl (C=O) groups excluding carboxylic acids is 1. The van der Waals surface area contributed by atoms with E-state index in [4.69, 9.17) is 0 Å². The number of hydrogen-bond acceptors (Lipinski definition) is 2. The van der Waals surface area contributed by atoms with Crippen LogP contribution in [0.15, 0.2) is 0 Å². The van der Waals surface area contributed by atoms with Crippen LogP contribution in [0.25, 0.3) is 0 Å². The zero-order valence-electron chi connectivity index (χ0n) is 11.8. The third kappa shape index (κ3) is 6.06. The summed E-state index contributed by atoms with van der Waals surface area (Å²) in [6.07, 6.45) is 6.56. The van der Waals surface area contributed by atoms with Gasteiger partial charge < -0.3 is 10.6 Å². The highest BCUT2D eigenvalue weighted by Crippen LogP contribution is 2.26. The molecule has 1 amide bonds. The summed E-state index contributed by atoms with van der Waals surface area (Å²) in [6, 6.07) is 0.324. The zero-order chi connectivity index (χ0) is 12.9. The Hall–Kier alpha value is -0.570. The predicted octanol–water partition coefficient (Wildman–Crippen LogP) is 2.46. The van der Waals surface area contributed by atoms with Gasteiger partial charge in [-0.2, -0.15) is 0 Å². The first-order valence-electron chi connectivity index (χ1n) is 6.93. The Kier molecular flexibility index (Phi) is 5.44. The van der Waals surface area contributed by atoms with Crippen molar-refractivity contribution in [1.82, 2.24) is 10.6 Å². The van der Waals surface area contributed by atoms with Gasteiger partial charge in [0.25, 0.3) is 0 Å². The van der Waals surface area contributed by atoms with Gasteiger partial charge in [-0.3, -0.25) is 4.79 Å². The Morgan fingerprint density at radius 3 is 2.35 bits per heavy atom. The van der Waals surface area contributed by atoms with Crippen molar-refractivity contribution < 1.29 is 4.79 Å². The molecule has 0 saturated heterocycles. The lowest BCUT2D eigenvalue weighted by Gasteiger charge is -2.29. The molecule has 2 N–H and O–H groups in total. The van der Waals surface area contributed by atoms with Gasteiger partial charge in [0, 0.05) is 11.6 Å². The SMILES string of the molecule is C[C@@H](NC(=O)CNC(C)(C)C)C1CCCCC1. The second-order valence-corrected chi connectivity index (χ2v) is 6.36. The molecule has 17 heavy (non-hydrogen) atoms. The molecule has 1 fully saturated rings. The van der Waals surface area contributed by atoms with Crippen LogP contribution in [-0.2, 0) is 4.79 Å². The Morgan fingerprint density at radius 2 is 1.82 bits per heavy atom. The predicted molar refractivity (Wildman–Crippen MR) is 71.9 cm³/mol. The average molecular weight is 240 g/mol. The molecule has 0 heterocycles. The first-order chi connectivity index (χ1) is 7.88. The van der Waals surface area contributed by atoms with E-state index in [1.54, 1.807) is 0 Å². The standard InChI is InChI=1S/C14H28N2O/c1-11(12-8-6-5-7-9-12)16-13(17)10-15-14(2,3)4/h11-12,15H,5-10H2,1-4H3,(H,16,17)/t11-/m1/s1. The van der Waals surface area contributed by atoms with Crippen molar-refractivity contribution in [2.45, 2.75) is 71.4 Å². The van der Waals surface area contributed by atoms with Crippen LogP contribution in [0.5, 0.6) is 0 Å². The van der Waals surface area contributed by atoms with Crippen LogP contribution in [0, 0.1) is 5.92 Å². The van der Waals surface area contributed by atoms with Gasteiger partial charge in [-0.15, -0.1) is 0 Å². The highest BCUT2D eigenvalue weighted by molar-refractivity contribution is 5.78. The van der Waals surface area contributed by atoms with E-state index in [-0.39, 0.29) is 11.4 Å². The maximum Gasteiger partial charge on any atom is 0.234 e. The van der Waals surface area contributed by atoms with Gasteiger partial charge in [-0.1, -0.05) is 19.3 Å². The molecule has 0 bridgehead atoms. The van der Waals surface area contributed by atoms with Crippen molar-refractivity contribution in [3.8, 4) is 0 Å². The summed E-state index contributed by atoms with van der Waals surface area (Å²) in [7, 11) is 0. The van der Waals surface area contributed by atoms with E-state index in [0.717, 1.165) is 0 Å². The summed E-state index contributed by atoms with van der Waals surface area (Å²) >= 11 is 0. The highest BCUT2D eigenvalue weighted by atomic mass is 16.2. The van der Waals surface area contributed by atoms with Crippen LogP contribution in [0.2, 0.25) is 0 Å². The van der Waals surface area contributed by atoms with Gasteiger partial charge >= 0.3 is 0 Å². The fourth-order valence-electron chi connectivity index (χ4n) is 2.40. The fraction of sp³-hybridized carbons (Fsp3) is 0.929. The smallest absolute Gasteiger partial charge is 0.234 e. The highest BCUT2D eigenvalue weighted by Gasteiger charge is 2.21. The normalized spacial score (nSPS) is 20.0. The summed E-state index contributed by atoms with van der Waals surface area (Å²) < 4.78 is 0. The van der Waals surface area contributed by atoms with E-state index in [2.05, 4.69) is 38.3 Å². The molecule has 3 heteroatoms. The molecule has 0 aliphatic heterocycles. The summed E-state index contributed by atoms with van der Waals surface area (Å²) in [5, 5.41) is 6.34. The van der Waals surface area contributed by atoms with Crippen molar-refractivity contribution in [3.63, 3.8) is 0 Å². The topological polar surface area (TPSA) is 41.1 Å². The molecule has 0 unspecified atom stereocenters. The molecule has 0 aromatic rings. The number of nitrogens with one attached hydrogen (secondary N) is 2. The lowest BCUT2D eigenvalue weighted by molar-refractivity contribution is -0.121. The molecular formula is C14H28N2O. The van der Waals surface area contributed by atoms with E-state index < -0.39 is 0 Å². The lowest BCUT2D eigenvalue weighted by Crippen LogP contribution is -2.47. The molecule has 1 rings (SSSR count). The van der Waals surface area contributed by atoms with E-state index in [1.807, 2.05) is 0 Å². The molecule has 1 saturated carbocycles. The molecule has 0 radical (unpaired) electrons. The molecule has 3 nitrogen and oxygen atoms in total. The van der Waals surface area contributed by atoms with Crippen LogP contribution in [0.3, 0.4) is 0 Å². The largest absolute Gasteiger partial charge is 0.352 e. The molecule has 1 aliphatic carbocycles. The monoisotopic (exact) mass is 240 g/mol. The maximum absolute atomic E-state index is 11.8. The summed E-state index contributed by atoms with van der Waals surface area (Å²) in [6.45, 7) is 8.78. The first kappa shape index (κ1) is 14.5. The van der Waals surface area contributed by atoms with Crippen molar-refractivity contribution >= 4 is 5.91 Å². The first-order valence-corrected chi connectivity index (χ1v) is 6.93. The Bertz CT molecular complexity index is 239. The van der Waals surface area contributed by atoms with E-state index in [9.17, 15) is 4.79 Å². The van der Waals surface area contributed by atoms with Gasteiger partial charge in [0.15, 0.2) is 0 Å². The summed E-state index contributed by atoms with van der Waals surface area (Å²) in [5.74, 6) is 0.806. The Balaban J connectivity index is 2.25. The summed E-state index contributed by atoms with van der Waals surface area (Å²) in [5.41, 5.74) is 0.00537. The van der Waals surface area contributed by atoms with Crippen molar-refractivity contribution in [3.05, 3.63) is 0 Å². The van der Waals surface area contributed by atoms with Crippen molar-refractivity contribution in [2.24, 2.45) is 5.92 Å². The minimum Gasteiger partial charge on any atom is -0.352 e. The minimum atomic E-state index is 0.00537. The van der Waals surface area contributed by atoms with Crippen LogP contribution >= 0.6 is 0 Å². The molecule has 1 atom stereocenters. The number of amides is 1. The molecule has 1 aliphatic rings. The molecule has 0 spiro atoms. The zero-order valence-corrected chi connectivity index (χ0v) is 11.8. The lowest BCUT2D eigenvalue weighted by atomic mass is 9.84. The Labute approximate surface area is 106 Å². The van der Waals surface area contributed by atoms with Crippen molar-refractivity contribution in [1.29, 1.82) is 0 Å². The quantitative estimate of drug-likeness (QED) is 0.792. The number of rotatable bonds is 4. The minimum absolute atomic E-state index is 0.00537. The van der Waals surface area contributed by atoms with E-state index in [1.165, 1.54) is 32.1 Å². The number of carbonyl (C=O) groups is 1. The van der Waals surface area contributed by atoms with Crippen LogP contribution in [-0.4, -0.2) is 24.0 Å². The Morgan fingerprint density at radius 1 is 1.24 bits per heavy atom. The van der Waals surface area contributed by atoms with Crippen LogP contribution in [0.1, 0.15) is 59.8 Å². The van der Waals surface area contributed by atoms with E-state index >= 15 is 0 Å². The van der Waals surface area contributed by atoms with Crippen LogP contribution < -0.4 is 10.6 Å². The number of hydrogen-bond donors (Lipinski definition) is 2. The average Bonchev–Trinajstić information content (AvgIpc) is 2.27. The van der Waals surface area contributed by atoms with Gasteiger partial charge in [-0.05, 0) is 46.5 Å². The second kappa shape index (κ2) is 6.39. The molecule has 100 valence electrons.